The first-order valence-corrected chi connectivity index (χ1v) is 8.05. The Morgan fingerprint density at radius 3 is 2.61 bits per heavy atom. The van der Waals surface area contributed by atoms with Gasteiger partial charge in [0, 0.05) is 26.7 Å². The highest BCUT2D eigenvalue weighted by atomic mass is 16.6. The van der Waals surface area contributed by atoms with Crippen LogP contribution in [0, 0.1) is 20.9 Å². The number of hydrogen-bond acceptors (Lipinski definition) is 6. The Balaban J connectivity index is 2.06. The molecule has 2 aliphatic rings. The highest BCUT2D eigenvalue weighted by Crippen LogP contribution is 2.54. The van der Waals surface area contributed by atoms with E-state index >= 15 is 0 Å². The van der Waals surface area contributed by atoms with Gasteiger partial charge in [-0.1, -0.05) is 20.8 Å². The largest absolute Gasteiger partial charge is 0.357 e. The number of hydrogen-bond donors (Lipinski definition) is 0. The molecule has 1 saturated heterocycles. The minimum Gasteiger partial charge on any atom is -0.357 e. The lowest BCUT2D eigenvalue weighted by Gasteiger charge is -2.39. The molecule has 2 unspecified atom stereocenters. The third-order valence-corrected chi connectivity index (χ3v) is 5.08. The molecule has 0 spiro atoms. The third kappa shape index (κ3) is 2.72. The van der Waals surface area contributed by atoms with Crippen molar-refractivity contribution in [2.24, 2.45) is 10.8 Å². The zero-order valence-electron chi connectivity index (χ0n) is 14.5. The summed E-state index contributed by atoms with van der Waals surface area (Å²) in [5.41, 5.74) is 0.480. The Hall–Kier alpha value is -1.92. The second kappa shape index (κ2) is 5.04. The molecule has 7 nitrogen and oxygen atoms in total. The van der Waals surface area contributed by atoms with Crippen LogP contribution in [-0.2, 0) is 0 Å². The number of aromatic nitrogens is 2. The van der Waals surface area contributed by atoms with Crippen molar-refractivity contribution < 1.29 is 4.92 Å². The van der Waals surface area contributed by atoms with Crippen LogP contribution in [0.2, 0.25) is 0 Å². The zero-order chi connectivity index (χ0) is 17.0. The van der Waals surface area contributed by atoms with Crippen molar-refractivity contribution in [1.82, 2.24) is 9.97 Å². The van der Waals surface area contributed by atoms with Gasteiger partial charge in [-0.05, 0) is 30.1 Å². The summed E-state index contributed by atoms with van der Waals surface area (Å²) < 4.78 is 0. The molecule has 0 radical (unpaired) electrons. The molecule has 7 heteroatoms. The molecule has 2 fully saturated rings. The predicted molar refractivity (Wildman–Crippen MR) is 89.9 cm³/mol. The van der Waals surface area contributed by atoms with Crippen LogP contribution in [0.5, 0.6) is 0 Å². The molecule has 2 heterocycles. The van der Waals surface area contributed by atoms with E-state index in [4.69, 9.17) is 0 Å². The number of fused-ring (bicyclic) bond motifs is 2. The molecular formula is C16H25N5O2. The van der Waals surface area contributed by atoms with Gasteiger partial charge < -0.3 is 9.80 Å². The fourth-order valence-corrected chi connectivity index (χ4v) is 4.77. The molecule has 1 aliphatic heterocycles. The molecule has 1 aromatic heterocycles. The summed E-state index contributed by atoms with van der Waals surface area (Å²) in [4.78, 5) is 23.6. The summed E-state index contributed by atoms with van der Waals surface area (Å²) in [6.45, 7) is 7.70. The molecule has 0 N–H and O–H groups in total. The first-order chi connectivity index (χ1) is 10.6. The molecular weight excluding hydrogens is 294 g/mol. The summed E-state index contributed by atoms with van der Waals surface area (Å²) in [5.74, 6) is 0.839. The van der Waals surface area contributed by atoms with Crippen LogP contribution >= 0.6 is 0 Å². The van der Waals surface area contributed by atoms with Crippen LogP contribution in [0.3, 0.4) is 0 Å². The van der Waals surface area contributed by atoms with E-state index in [1.807, 2.05) is 0 Å². The predicted octanol–water partition coefficient (Wildman–Crippen LogP) is 2.86. The summed E-state index contributed by atoms with van der Waals surface area (Å²) in [5, 5.41) is 11.7. The Bertz CT molecular complexity index is 645. The molecule has 2 bridgehead atoms. The standard InChI is InChI=1S/C16H25N5O2/c1-15(2)6-11-7-16(3,8-15)9-20(11)14-12(21(22)23)13(19(4)5)17-10-18-14/h10-11H,6-9H2,1-5H3. The van der Waals surface area contributed by atoms with Gasteiger partial charge >= 0.3 is 5.69 Å². The fourth-order valence-electron chi connectivity index (χ4n) is 4.77. The molecule has 23 heavy (non-hydrogen) atoms. The normalized spacial score (nSPS) is 28.7. The van der Waals surface area contributed by atoms with Crippen molar-refractivity contribution in [2.45, 2.75) is 46.1 Å². The van der Waals surface area contributed by atoms with Crippen LogP contribution in [0.15, 0.2) is 6.33 Å². The molecule has 0 amide bonds. The maximum absolute atomic E-state index is 11.7. The second-order valence-electron chi connectivity index (χ2n) is 8.36. The average Bonchev–Trinajstić information content (AvgIpc) is 2.66. The van der Waals surface area contributed by atoms with Crippen molar-refractivity contribution in [1.29, 1.82) is 0 Å². The quantitative estimate of drug-likeness (QED) is 0.630. The van der Waals surface area contributed by atoms with E-state index in [9.17, 15) is 10.1 Å². The summed E-state index contributed by atoms with van der Waals surface area (Å²) >= 11 is 0. The molecule has 1 aliphatic carbocycles. The highest BCUT2D eigenvalue weighted by Gasteiger charge is 2.51. The Kier molecular flexibility index (Phi) is 3.50. The molecule has 3 rings (SSSR count). The van der Waals surface area contributed by atoms with Crippen molar-refractivity contribution in [3.05, 3.63) is 16.4 Å². The van der Waals surface area contributed by atoms with E-state index in [1.54, 1.807) is 19.0 Å². The molecule has 1 aromatic rings. The number of anilines is 2. The molecule has 1 saturated carbocycles. The fraction of sp³-hybridized carbons (Fsp3) is 0.750. The summed E-state index contributed by atoms with van der Waals surface area (Å²) in [6.07, 6.45) is 4.70. The summed E-state index contributed by atoms with van der Waals surface area (Å²) in [6, 6.07) is 0.312. The van der Waals surface area contributed by atoms with Gasteiger partial charge in [-0.2, -0.15) is 0 Å². The topological polar surface area (TPSA) is 75.4 Å². The van der Waals surface area contributed by atoms with Gasteiger partial charge in [0.15, 0.2) is 0 Å². The summed E-state index contributed by atoms with van der Waals surface area (Å²) in [7, 11) is 3.54. The maximum atomic E-state index is 11.7. The first kappa shape index (κ1) is 16.0. The number of nitrogens with zero attached hydrogens (tertiary/aromatic N) is 5. The first-order valence-electron chi connectivity index (χ1n) is 8.05. The van der Waals surface area contributed by atoms with Crippen LogP contribution in [-0.4, -0.2) is 41.6 Å². The van der Waals surface area contributed by atoms with Crippen molar-refractivity contribution in [2.75, 3.05) is 30.4 Å². The van der Waals surface area contributed by atoms with Gasteiger partial charge in [-0.3, -0.25) is 10.1 Å². The van der Waals surface area contributed by atoms with E-state index in [1.165, 1.54) is 6.33 Å². The maximum Gasteiger partial charge on any atom is 0.353 e. The smallest absolute Gasteiger partial charge is 0.353 e. The van der Waals surface area contributed by atoms with Crippen molar-refractivity contribution in [3.8, 4) is 0 Å². The Morgan fingerprint density at radius 1 is 1.30 bits per heavy atom. The van der Waals surface area contributed by atoms with Gasteiger partial charge in [0.2, 0.25) is 11.6 Å². The van der Waals surface area contributed by atoms with Gasteiger partial charge in [0.1, 0.15) is 6.33 Å². The average molecular weight is 319 g/mol. The molecule has 0 aromatic carbocycles. The van der Waals surface area contributed by atoms with Crippen LogP contribution in [0.1, 0.15) is 40.0 Å². The van der Waals surface area contributed by atoms with Crippen LogP contribution in [0.25, 0.3) is 0 Å². The van der Waals surface area contributed by atoms with E-state index in [0.717, 1.165) is 25.8 Å². The monoisotopic (exact) mass is 319 g/mol. The van der Waals surface area contributed by atoms with Gasteiger partial charge in [-0.15, -0.1) is 0 Å². The second-order valence-corrected chi connectivity index (χ2v) is 8.36. The Labute approximate surface area is 136 Å². The number of rotatable bonds is 3. The SMILES string of the molecule is CN(C)c1ncnc(N2CC3(C)CC2CC(C)(C)C3)c1[N+](=O)[O-]. The van der Waals surface area contributed by atoms with E-state index in [2.05, 4.69) is 35.6 Å². The van der Waals surface area contributed by atoms with E-state index in [0.29, 0.717) is 17.7 Å². The number of nitro groups is 1. The third-order valence-electron chi connectivity index (χ3n) is 5.08. The highest BCUT2D eigenvalue weighted by molar-refractivity contribution is 5.71. The van der Waals surface area contributed by atoms with E-state index in [-0.39, 0.29) is 21.4 Å². The molecule has 2 atom stereocenters. The van der Waals surface area contributed by atoms with Crippen LogP contribution in [0.4, 0.5) is 17.3 Å². The minimum atomic E-state index is -0.347. The van der Waals surface area contributed by atoms with E-state index < -0.39 is 0 Å². The lowest BCUT2D eigenvalue weighted by molar-refractivity contribution is -0.383. The lowest BCUT2D eigenvalue weighted by Crippen LogP contribution is -2.35. The van der Waals surface area contributed by atoms with Crippen molar-refractivity contribution in [3.63, 3.8) is 0 Å². The van der Waals surface area contributed by atoms with Crippen LogP contribution < -0.4 is 9.80 Å². The van der Waals surface area contributed by atoms with Gasteiger partial charge in [0.05, 0.1) is 4.92 Å². The zero-order valence-corrected chi connectivity index (χ0v) is 14.5. The minimum absolute atomic E-state index is 0.0199. The van der Waals surface area contributed by atoms with Gasteiger partial charge in [0.25, 0.3) is 0 Å². The molecule has 126 valence electrons. The lowest BCUT2D eigenvalue weighted by atomic mass is 9.65. The van der Waals surface area contributed by atoms with Crippen molar-refractivity contribution >= 4 is 17.3 Å². The van der Waals surface area contributed by atoms with Gasteiger partial charge in [-0.25, -0.2) is 9.97 Å². The Morgan fingerprint density at radius 2 is 2.00 bits per heavy atom.